The Morgan fingerprint density at radius 1 is 1.24 bits per heavy atom. The Kier molecular flexibility index (Phi) is 5.10. The Hall–Kier alpha value is -1.42. The molecule has 0 radical (unpaired) electrons. The Labute approximate surface area is 101 Å². The van der Waals surface area contributed by atoms with Crippen LogP contribution >= 0.6 is 0 Å². The van der Waals surface area contributed by atoms with Gasteiger partial charge in [-0.3, -0.25) is 4.79 Å². The highest BCUT2D eigenvalue weighted by molar-refractivity contribution is 5.81. The molecule has 0 saturated heterocycles. The standard InChI is InChI=1S/C13H19FN2O/c1-9(2)16-13(17)10(3)15-8-11-4-6-12(14)7-5-11/h4-7,9-10,15H,8H2,1-3H3,(H,16,17). The second kappa shape index (κ2) is 6.35. The fourth-order valence-corrected chi connectivity index (χ4v) is 1.38. The summed E-state index contributed by atoms with van der Waals surface area (Å²) in [4.78, 5) is 11.6. The van der Waals surface area contributed by atoms with Crippen LogP contribution in [0.3, 0.4) is 0 Å². The largest absolute Gasteiger partial charge is 0.353 e. The summed E-state index contributed by atoms with van der Waals surface area (Å²) in [5.74, 6) is -0.276. The first-order chi connectivity index (χ1) is 7.99. The molecule has 3 nitrogen and oxygen atoms in total. The van der Waals surface area contributed by atoms with Gasteiger partial charge >= 0.3 is 0 Å². The SMILES string of the molecule is CC(C)NC(=O)C(C)NCc1ccc(F)cc1. The summed E-state index contributed by atoms with van der Waals surface area (Å²) in [6.45, 7) is 6.20. The van der Waals surface area contributed by atoms with E-state index in [1.807, 2.05) is 13.8 Å². The quantitative estimate of drug-likeness (QED) is 0.821. The molecule has 94 valence electrons. The van der Waals surface area contributed by atoms with Gasteiger partial charge in [0.05, 0.1) is 6.04 Å². The Bertz CT molecular complexity index is 362. The molecule has 1 rings (SSSR count). The van der Waals surface area contributed by atoms with Gasteiger partial charge in [-0.2, -0.15) is 0 Å². The zero-order valence-electron chi connectivity index (χ0n) is 10.5. The number of hydrogen-bond acceptors (Lipinski definition) is 2. The number of benzene rings is 1. The molecular formula is C13H19FN2O. The van der Waals surface area contributed by atoms with Crippen LogP contribution in [0, 0.1) is 5.82 Å². The number of halogens is 1. The molecule has 0 spiro atoms. The summed E-state index contributed by atoms with van der Waals surface area (Å²) in [6, 6.07) is 6.11. The summed E-state index contributed by atoms with van der Waals surface area (Å²) in [7, 11) is 0. The van der Waals surface area contributed by atoms with E-state index >= 15 is 0 Å². The summed E-state index contributed by atoms with van der Waals surface area (Å²) in [5, 5.41) is 5.92. The van der Waals surface area contributed by atoms with Crippen LogP contribution in [-0.4, -0.2) is 18.0 Å². The van der Waals surface area contributed by atoms with Crippen molar-refractivity contribution in [3.63, 3.8) is 0 Å². The van der Waals surface area contributed by atoms with Crippen molar-refractivity contribution in [3.8, 4) is 0 Å². The molecule has 0 aliphatic rings. The van der Waals surface area contributed by atoms with Crippen molar-refractivity contribution in [2.45, 2.75) is 39.4 Å². The lowest BCUT2D eigenvalue weighted by molar-refractivity contribution is -0.123. The average molecular weight is 238 g/mol. The molecule has 0 heterocycles. The molecule has 1 aromatic carbocycles. The second-order valence-electron chi connectivity index (χ2n) is 4.39. The molecule has 0 aliphatic carbocycles. The van der Waals surface area contributed by atoms with Crippen molar-refractivity contribution in [1.82, 2.24) is 10.6 Å². The maximum atomic E-state index is 12.7. The van der Waals surface area contributed by atoms with Gasteiger partial charge in [-0.05, 0) is 38.5 Å². The third-order valence-corrected chi connectivity index (χ3v) is 2.35. The van der Waals surface area contributed by atoms with Crippen LogP contribution in [0.15, 0.2) is 24.3 Å². The maximum absolute atomic E-state index is 12.7. The highest BCUT2D eigenvalue weighted by atomic mass is 19.1. The van der Waals surface area contributed by atoms with Crippen LogP contribution in [0.25, 0.3) is 0 Å². The number of rotatable bonds is 5. The monoisotopic (exact) mass is 238 g/mol. The first-order valence-corrected chi connectivity index (χ1v) is 5.77. The van der Waals surface area contributed by atoms with Gasteiger partial charge in [0.2, 0.25) is 5.91 Å². The molecular weight excluding hydrogens is 219 g/mol. The van der Waals surface area contributed by atoms with Gasteiger partial charge in [-0.15, -0.1) is 0 Å². The minimum atomic E-state index is -0.262. The lowest BCUT2D eigenvalue weighted by Gasteiger charge is -2.16. The average Bonchev–Trinajstić information content (AvgIpc) is 2.27. The van der Waals surface area contributed by atoms with Gasteiger partial charge < -0.3 is 10.6 Å². The summed E-state index contributed by atoms with van der Waals surface area (Å²) < 4.78 is 12.7. The molecule has 4 heteroatoms. The van der Waals surface area contributed by atoms with Gasteiger partial charge in [0.25, 0.3) is 0 Å². The molecule has 1 atom stereocenters. The van der Waals surface area contributed by atoms with E-state index in [0.717, 1.165) is 5.56 Å². The first-order valence-electron chi connectivity index (χ1n) is 5.77. The second-order valence-corrected chi connectivity index (χ2v) is 4.39. The van der Waals surface area contributed by atoms with E-state index in [9.17, 15) is 9.18 Å². The highest BCUT2D eigenvalue weighted by Crippen LogP contribution is 2.02. The van der Waals surface area contributed by atoms with Gasteiger partial charge in [-0.1, -0.05) is 12.1 Å². The van der Waals surface area contributed by atoms with Crippen LogP contribution in [0.2, 0.25) is 0 Å². The predicted molar refractivity (Wildman–Crippen MR) is 66.0 cm³/mol. The summed E-state index contributed by atoms with van der Waals surface area (Å²) in [5.41, 5.74) is 0.954. The molecule has 1 unspecified atom stereocenters. The highest BCUT2D eigenvalue weighted by Gasteiger charge is 2.12. The molecule has 0 bridgehead atoms. The van der Waals surface area contributed by atoms with E-state index in [1.165, 1.54) is 12.1 Å². The van der Waals surface area contributed by atoms with Gasteiger partial charge in [-0.25, -0.2) is 4.39 Å². The van der Waals surface area contributed by atoms with Crippen LogP contribution in [0.5, 0.6) is 0 Å². The first kappa shape index (κ1) is 13.6. The molecule has 0 aliphatic heterocycles. The third-order valence-electron chi connectivity index (χ3n) is 2.35. The number of hydrogen-bond donors (Lipinski definition) is 2. The van der Waals surface area contributed by atoms with Crippen molar-refractivity contribution in [1.29, 1.82) is 0 Å². The number of carbonyl (C=O) groups excluding carboxylic acids is 1. The van der Waals surface area contributed by atoms with Crippen molar-refractivity contribution in [3.05, 3.63) is 35.6 Å². The number of nitrogens with one attached hydrogen (secondary N) is 2. The zero-order valence-corrected chi connectivity index (χ0v) is 10.5. The van der Waals surface area contributed by atoms with Crippen LogP contribution in [-0.2, 0) is 11.3 Å². The maximum Gasteiger partial charge on any atom is 0.237 e. The Morgan fingerprint density at radius 2 is 1.82 bits per heavy atom. The molecule has 0 aromatic heterocycles. The Balaban J connectivity index is 2.40. The predicted octanol–water partition coefficient (Wildman–Crippen LogP) is 1.83. The fourth-order valence-electron chi connectivity index (χ4n) is 1.38. The lowest BCUT2D eigenvalue weighted by Crippen LogP contribution is -2.44. The van der Waals surface area contributed by atoms with Gasteiger partial charge in [0.1, 0.15) is 5.82 Å². The Morgan fingerprint density at radius 3 is 2.35 bits per heavy atom. The lowest BCUT2D eigenvalue weighted by atomic mass is 10.2. The van der Waals surface area contributed by atoms with Gasteiger partial charge in [0.15, 0.2) is 0 Å². The fraction of sp³-hybridized carbons (Fsp3) is 0.462. The smallest absolute Gasteiger partial charge is 0.237 e. The van der Waals surface area contributed by atoms with Gasteiger partial charge in [0, 0.05) is 12.6 Å². The van der Waals surface area contributed by atoms with Crippen molar-refractivity contribution >= 4 is 5.91 Å². The van der Waals surface area contributed by atoms with E-state index in [1.54, 1.807) is 19.1 Å². The molecule has 0 saturated carbocycles. The number of carbonyl (C=O) groups is 1. The minimum Gasteiger partial charge on any atom is -0.353 e. The topological polar surface area (TPSA) is 41.1 Å². The van der Waals surface area contributed by atoms with Crippen molar-refractivity contribution in [2.24, 2.45) is 0 Å². The molecule has 2 N–H and O–H groups in total. The molecule has 1 aromatic rings. The van der Waals surface area contributed by atoms with E-state index in [-0.39, 0.29) is 23.8 Å². The van der Waals surface area contributed by atoms with E-state index in [4.69, 9.17) is 0 Å². The minimum absolute atomic E-state index is 0.0258. The van der Waals surface area contributed by atoms with E-state index in [0.29, 0.717) is 6.54 Å². The summed E-state index contributed by atoms with van der Waals surface area (Å²) in [6.07, 6.45) is 0. The van der Waals surface area contributed by atoms with Crippen LogP contribution < -0.4 is 10.6 Å². The summed E-state index contributed by atoms with van der Waals surface area (Å²) >= 11 is 0. The van der Waals surface area contributed by atoms with Crippen molar-refractivity contribution in [2.75, 3.05) is 0 Å². The molecule has 1 amide bonds. The number of amides is 1. The van der Waals surface area contributed by atoms with Crippen LogP contribution in [0.1, 0.15) is 26.3 Å². The molecule has 17 heavy (non-hydrogen) atoms. The van der Waals surface area contributed by atoms with Crippen LogP contribution in [0.4, 0.5) is 4.39 Å². The van der Waals surface area contributed by atoms with Crippen molar-refractivity contribution < 1.29 is 9.18 Å². The normalized spacial score (nSPS) is 12.5. The van der Waals surface area contributed by atoms with E-state index < -0.39 is 0 Å². The zero-order chi connectivity index (χ0) is 12.8. The third kappa shape index (κ3) is 4.95. The molecule has 0 fully saturated rings. The van der Waals surface area contributed by atoms with E-state index in [2.05, 4.69) is 10.6 Å².